The minimum absolute atomic E-state index is 0.317. The molecule has 0 saturated heterocycles. The second-order valence-electron chi connectivity index (χ2n) is 4.62. The van der Waals surface area contributed by atoms with Crippen molar-refractivity contribution < 1.29 is 15.0 Å². The number of fused-ring (bicyclic) bond motifs is 1. The van der Waals surface area contributed by atoms with Crippen LogP contribution in [0.3, 0.4) is 0 Å². The minimum Gasteiger partial charge on any atom is -0.394 e. The van der Waals surface area contributed by atoms with Crippen LogP contribution in [0, 0.1) is 0 Å². The number of aliphatic hydroxyl groups excluding tert-OH is 2. The summed E-state index contributed by atoms with van der Waals surface area (Å²) in [6.07, 6.45) is 5.10. The number of hydrogen-bond donors (Lipinski definition) is 3. The van der Waals surface area contributed by atoms with Gasteiger partial charge >= 0.3 is 0 Å². The molecule has 0 aliphatic carbocycles. The first-order valence-corrected chi connectivity index (χ1v) is 7.64. The standard InChI is InChI=1S/C13H16ClN3O3S/c1-2-13(7-18,8-19)16-10(20)4-3-9-11(14)15-12-17(9)5-6-21-12/h3-6,18-19H,2,7-8H2,1H3,(H,16,20)/b4-3+. The molecule has 1 amide bonds. The summed E-state index contributed by atoms with van der Waals surface area (Å²) in [4.78, 5) is 16.8. The van der Waals surface area contributed by atoms with E-state index in [1.54, 1.807) is 17.4 Å². The number of carbonyl (C=O) groups is 1. The lowest BCUT2D eigenvalue weighted by molar-refractivity contribution is -0.119. The molecule has 2 heterocycles. The molecular formula is C13H16ClN3O3S. The predicted molar refractivity (Wildman–Crippen MR) is 82.4 cm³/mol. The maximum atomic E-state index is 11.9. The van der Waals surface area contributed by atoms with Crippen molar-refractivity contribution >= 4 is 39.9 Å². The van der Waals surface area contributed by atoms with Gasteiger partial charge in [0.2, 0.25) is 5.91 Å². The maximum Gasteiger partial charge on any atom is 0.244 e. The molecule has 8 heteroatoms. The summed E-state index contributed by atoms with van der Waals surface area (Å²) in [6, 6.07) is 0. The topological polar surface area (TPSA) is 86.9 Å². The van der Waals surface area contributed by atoms with E-state index in [2.05, 4.69) is 10.3 Å². The fraction of sp³-hybridized carbons (Fsp3) is 0.385. The third-order valence-electron chi connectivity index (χ3n) is 3.32. The van der Waals surface area contributed by atoms with Crippen molar-refractivity contribution in [1.82, 2.24) is 14.7 Å². The average molecular weight is 330 g/mol. The molecule has 0 saturated carbocycles. The Hall–Kier alpha value is -1.41. The van der Waals surface area contributed by atoms with Gasteiger partial charge in [-0.15, -0.1) is 11.3 Å². The Morgan fingerprint density at radius 3 is 2.90 bits per heavy atom. The van der Waals surface area contributed by atoms with Gasteiger partial charge in [0.15, 0.2) is 10.1 Å². The van der Waals surface area contributed by atoms with E-state index >= 15 is 0 Å². The minimum atomic E-state index is -1.01. The van der Waals surface area contributed by atoms with E-state index in [0.29, 0.717) is 17.3 Å². The molecule has 6 nitrogen and oxygen atoms in total. The number of halogens is 1. The number of nitrogens with one attached hydrogen (secondary N) is 1. The zero-order valence-corrected chi connectivity index (χ0v) is 13.0. The third kappa shape index (κ3) is 3.26. The number of amides is 1. The molecule has 0 aliphatic rings. The predicted octanol–water partition coefficient (Wildman–Crippen LogP) is 1.31. The van der Waals surface area contributed by atoms with Crippen LogP contribution in [-0.4, -0.2) is 44.3 Å². The van der Waals surface area contributed by atoms with Gasteiger partial charge in [0.25, 0.3) is 0 Å². The molecule has 0 aliphatic heterocycles. The molecule has 0 atom stereocenters. The number of thiazole rings is 1. The summed E-state index contributed by atoms with van der Waals surface area (Å²) in [5, 5.41) is 23.4. The highest BCUT2D eigenvalue weighted by Gasteiger charge is 2.27. The Morgan fingerprint density at radius 2 is 2.29 bits per heavy atom. The zero-order valence-electron chi connectivity index (χ0n) is 11.4. The number of imidazole rings is 1. The van der Waals surface area contributed by atoms with Crippen molar-refractivity contribution in [3.63, 3.8) is 0 Å². The van der Waals surface area contributed by atoms with Crippen LogP contribution in [0.5, 0.6) is 0 Å². The molecule has 3 N–H and O–H groups in total. The summed E-state index contributed by atoms with van der Waals surface area (Å²) in [5.74, 6) is -0.416. The third-order valence-corrected chi connectivity index (χ3v) is 4.35. The number of hydrogen-bond acceptors (Lipinski definition) is 5. The first-order valence-electron chi connectivity index (χ1n) is 6.38. The van der Waals surface area contributed by atoms with Crippen molar-refractivity contribution in [2.24, 2.45) is 0 Å². The van der Waals surface area contributed by atoms with Gasteiger partial charge in [-0.1, -0.05) is 18.5 Å². The van der Waals surface area contributed by atoms with Crippen molar-refractivity contribution in [3.05, 3.63) is 28.5 Å². The molecule has 0 aromatic carbocycles. The van der Waals surface area contributed by atoms with Crippen molar-refractivity contribution in [3.8, 4) is 0 Å². The second-order valence-corrected chi connectivity index (χ2v) is 5.85. The largest absolute Gasteiger partial charge is 0.394 e. The van der Waals surface area contributed by atoms with E-state index in [1.807, 2.05) is 11.6 Å². The van der Waals surface area contributed by atoms with Crippen LogP contribution >= 0.6 is 22.9 Å². The lowest BCUT2D eigenvalue weighted by Gasteiger charge is -2.28. The highest BCUT2D eigenvalue weighted by molar-refractivity contribution is 7.15. The average Bonchev–Trinajstić information content (AvgIpc) is 3.03. The summed E-state index contributed by atoms with van der Waals surface area (Å²) >= 11 is 7.46. The molecule has 2 rings (SSSR count). The van der Waals surface area contributed by atoms with E-state index in [1.165, 1.54) is 17.4 Å². The summed E-state index contributed by atoms with van der Waals surface area (Å²) in [7, 11) is 0. The fourth-order valence-electron chi connectivity index (χ4n) is 1.82. The van der Waals surface area contributed by atoms with E-state index < -0.39 is 11.4 Å². The Balaban J connectivity index is 2.15. The van der Waals surface area contributed by atoms with Gasteiger partial charge in [-0.05, 0) is 12.5 Å². The molecule has 0 bridgehead atoms. The SMILES string of the molecule is CCC(CO)(CO)NC(=O)/C=C/c1c(Cl)nc2sccn12. The molecule has 114 valence electrons. The Morgan fingerprint density at radius 1 is 1.57 bits per heavy atom. The number of aliphatic hydroxyl groups is 2. The Labute approximate surface area is 130 Å². The molecule has 0 radical (unpaired) electrons. The first-order chi connectivity index (χ1) is 10.0. The maximum absolute atomic E-state index is 11.9. The second kappa shape index (κ2) is 6.57. The van der Waals surface area contributed by atoms with Crippen molar-refractivity contribution in [1.29, 1.82) is 0 Å². The van der Waals surface area contributed by atoms with Crippen LogP contribution in [0.1, 0.15) is 19.0 Å². The van der Waals surface area contributed by atoms with E-state index in [0.717, 1.165) is 4.96 Å². The Bertz CT molecular complexity index is 652. The molecule has 0 unspecified atom stereocenters. The van der Waals surface area contributed by atoms with Crippen LogP contribution in [0.4, 0.5) is 0 Å². The molecular weight excluding hydrogens is 314 g/mol. The number of aromatic nitrogens is 2. The van der Waals surface area contributed by atoms with Crippen LogP contribution in [0.2, 0.25) is 5.15 Å². The lowest BCUT2D eigenvalue weighted by Crippen LogP contribution is -2.53. The van der Waals surface area contributed by atoms with Crippen LogP contribution in [0.25, 0.3) is 11.0 Å². The number of carbonyl (C=O) groups excluding carboxylic acids is 1. The van der Waals surface area contributed by atoms with Crippen molar-refractivity contribution in [2.75, 3.05) is 13.2 Å². The van der Waals surface area contributed by atoms with E-state index in [4.69, 9.17) is 11.6 Å². The fourth-order valence-corrected chi connectivity index (χ4v) is 2.83. The van der Waals surface area contributed by atoms with E-state index in [9.17, 15) is 15.0 Å². The number of rotatable bonds is 6. The molecule has 0 spiro atoms. The van der Waals surface area contributed by atoms with Crippen LogP contribution in [-0.2, 0) is 4.79 Å². The Kier molecular flexibility index (Phi) is 5.00. The summed E-state index contributed by atoms with van der Waals surface area (Å²) < 4.78 is 1.78. The molecule has 2 aromatic rings. The highest BCUT2D eigenvalue weighted by atomic mass is 35.5. The summed E-state index contributed by atoms with van der Waals surface area (Å²) in [5.41, 5.74) is -0.404. The normalized spacial score (nSPS) is 12.4. The van der Waals surface area contributed by atoms with E-state index in [-0.39, 0.29) is 13.2 Å². The lowest BCUT2D eigenvalue weighted by atomic mass is 9.98. The van der Waals surface area contributed by atoms with Crippen LogP contribution in [0.15, 0.2) is 17.7 Å². The monoisotopic (exact) mass is 329 g/mol. The quantitative estimate of drug-likeness (QED) is 0.697. The molecule has 0 fully saturated rings. The number of nitrogens with zero attached hydrogens (tertiary/aromatic N) is 2. The van der Waals surface area contributed by atoms with Gasteiger partial charge < -0.3 is 15.5 Å². The first kappa shape index (κ1) is 16.0. The van der Waals surface area contributed by atoms with Gasteiger partial charge in [-0.25, -0.2) is 4.98 Å². The van der Waals surface area contributed by atoms with Crippen LogP contribution < -0.4 is 5.32 Å². The van der Waals surface area contributed by atoms with Gasteiger partial charge in [-0.3, -0.25) is 9.20 Å². The zero-order chi connectivity index (χ0) is 15.5. The van der Waals surface area contributed by atoms with Gasteiger partial charge in [0.05, 0.1) is 24.4 Å². The van der Waals surface area contributed by atoms with Gasteiger partial charge in [0.1, 0.15) is 0 Å². The van der Waals surface area contributed by atoms with Crippen molar-refractivity contribution in [2.45, 2.75) is 18.9 Å². The van der Waals surface area contributed by atoms with Gasteiger partial charge in [-0.2, -0.15) is 0 Å². The molecule has 21 heavy (non-hydrogen) atoms. The summed E-state index contributed by atoms with van der Waals surface area (Å²) in [6.45, 7) is 1.11. The highest BCUT2D eigenvalue weighted by Crippen LogP contribution is 2.22. The van der Waals surface area contributed by atoms with Gasteiger partial charge in [0, 0.05) is 17.7 Å². The smallest absolute Gasteiger partial charge is 0.244 e. The molecule has 2 aromatic heterocycles.